The summed E-state index contributed by atoms with van der Waals surface area (Å²) < 4.78 is 11.8. The Balaban J connectivity index is 1.95. The molecule has 1 heterocycles. The molecule has 170 valence electrons. The molecule has 0 unspecified atom stereocenters. The minimum Gasteiger partial charge on any atom is -0.491 e. The predicted octanol–water partition coefficient (Wildman–Crippen LogP) is 2.39. The maximum atomic E-state index is 13.1. The predicted molar refractivity (Wildman–Crippen MR) is 117 cm³/mol. The van der Waals surface area contributed by atoms with Crippen LogP contribution in [0.2, 0.25) is 0 Å². The van der Waals surface area contributed by atoms with Gasteiger partial charge in [-0.2, -0.15) is 0 Å². The van der Waals surface area contributed by atoms with E-state index in [2.05, 4.69) is 5.32 Å². The number of benzene rings is 1. The summed E-state index contributed by atoms with van der Waals surface area (Å²) in [6, 6.07) is 4.83. The van der Waals surface area contributed by atoms with Crippen molar-refractivity contribution in [3.8, 4) is 5.75 Å². The van der Waals surface area contributed by atoms with Crippen molar-refractivity contribution in [1.82, 2.24) is 9.80 Å². The highest BCUT2D eigenvalue weighted by atomic mass is 16.5. The topological polar surface area (TPSA) is 88.2 Å². The zero-order valence-corrected chi connectivity index (χ0v) is 19.0. The molecule has 3 rings (SSSR count). The van der Waals surface area contributed by atoms with Crippen molar-refractivity contribution in [2.45, 2.75) is 45.8 Å². The van der Waals surface area contributed by atoms with Crippen LogP contribution in [-0.2, 0) is 14.3 Å². The van der Waals surface area contributed by atoms with E-state index in [-0.39, 0.29) is 48.3 Å². The molecule has 0 radical (unpaired) electrons. The first-order chi connectivity index (χ1) is 14.7. The van der Waals surface area contributed by atoms with Gasteiger partial charge in [0.25, 0.3) is 5.91 Å². The van der Waals surface area contributed by atoms with Crippen molar-refractivity contribution in [2.75, 3.05) is 39.2 Å². The number of rotatable bonds is 3. The third kappa shape index (κ3) is 5.55. The highest BCUT2D eigenvalue weighted by Gasteiger charge is 2.37. The van der Waals surface area contributed by atoms with E-state index in [1.807, 2.05) is 18.7 Å². The monoisotopic (exact) mass is 431 g/mol. The van der Waals surface area contributed by atoms with E-state index in [9.17, 15) is 14.4 Å². The highest BCUT2D eigenvalue weighted by Crippen LogP contribution is 2.33. The number of carbonyl (C=O) groups is 3. The SMILES string of the molecule is CO[C@@H]1CN(C)C(=O)c2ccc(NC(C)=O)cc2OC[C@@H](C)N(C(=O)C2CC2)C[C@@H]1C. The van der Waals surface area contributed by atoms with Gasteiger partial charge in [-0.25, -0.2) is 0 Å². The Hall–Kier alpha value is -2.61. The zero-order valence-electron chi connectivity index (χ0n) is 19.0. The molecule has 3 atom stereocenters. The van der Waals surface area contributed by atoms with Crippen LogP contribution in [0.25, 0.3) is 0 Å². The molecule has 1 aliphatic carbocycles. The molecule has 0 bridgehead atoms. The molecule has 1 aromatic rings. The van der Waals surface area contributed by atoms with Crippen LogP contribution in [0, 0.1) is 11.8 Å². The third-order valence-electron chi connectivity index (χ3n) is 5.98. The van der Waals surface area contributed by atoms with E-state index >= 15 is 0 Å². The normalized spacial score (nSPS) is 25.1. The van der Waals surface area contributed by atoms with Crippen LogP contribution < -0.4 is 10.1 Å². The first-order valence-corrected chi connectivity index (χ1v) is 10.8. The zero-order chi connectivity index (χ0) is 22.7. The Morgan fingerprint density at radius 1 is 1.19 bits per heavy atom. The molecule has 0 aromatic heterocycles. The average Bonchev–Trinajstić information content (AvgIpc) is 3.57. The van der Waals surface area contributed by atoms with Gasteiger partial charge in [0.2, 0.25) is 11.8 Å². The largest absolute Gasteiger partial charge is 0.491 e. The van der Waals surface area contributed by atoms with Crippen LogP contribution >= 0.6 is 0 Å². The van der Waals surface area contributed by atoms with Crippen LogP contribution in [0.3, 0.4) is 0 Å². The summed E-state index contributed by atoms with van der Waals surface area (Å²) in [6.45, 7) is 6.62. The maximum Gasteiger partial charge on any atom is 0.257 e. The fraction of sp³-hybridized carbons (Fsp3) is 0.609. The summed E-state index contributed by atoms with van der Waals surface area (Å²) in [6.07, 6.45) is 1.66. The minimum absolute atomic E-state index is 0.0476. The highest BCUT2D eigenvalue weighted by molar-refractivity contribution is 5.98. The molecule has 1 aliphatic heterocycles. The summed E-state index contributed by atoms with van der Waals surface area (Å²) in [7, 11) is 3.37. The van der Waals surface area contributed by atoms with Gasteiger partial charge in [-0.15, -0.1) is 0 Å². The lowest BCUT2D eigenvalue weighted by Crippen LogP contribution is -2.49. The molecule has 3 amide bonds. The molecule has 8 heteroatoms. The molecule has 1 fully saturated rings. The van der Waals surface area contributed by atoms with Crippen LogP contribution in [0.4, 0.5) is 5.69 Å². The molecular weight excluding hydrogens is 398 g/mol. The van der Waals surface area contributed by atoms with Crippen LogP contribution in [0.15, 0.2) is 18.2 Å². The van der Waals surface area contributed by atoms with E-state index in [1.54, 1.807) is 37.3 Å². The number of methoxy groups -OCH3 is 1. The van der Waals surface area contributed by atoms with Crippen molar-refractivity contribution in [3.63, 3.8) is 0 Å². The fourth-order valence-electron chi connectivity index (χ4n) is 3.92. The van der Waals surface area contributed by atoms with Gasteiger partial charge in [-0.3, -0.25) is 14.4 Å². The lowest BCUT2D eigenvalue weighted by molar-refractivity contribution is -0.136. The smallest absolute Gasteiger partial charge is 0.257 e. The average molecular weight is 432 g/mol. The fourth-order valence-corrected chi connectivity index (χ4v) is 3.92. The van der Waals surface area contributed by atoms with E-state index in [1.165, 1.54) is 6.92 Å². The molecule has 1 N–H and O–H groups in total. The lowest BCUT2D eigenvalue weighted by atomic mass is 10.0. The van der Waals surface area contributed by atoms with E-state index in [0.29, 0.717) is 30.1 Å². The van der Waals surface area contributed by atoms with E-state index < -0.39 is 0 Å². The first-order valence-electron chi connectivity index (χ1n) is 10.8. The molecule has 0 saturated heterocycles. The van der Waals surface area contributed by atoms with Crippen molar-refractivity contribution < 1.29 is 23.9 Å². The van der Waals surface area contributed by atoms with Gasteiger partial charge in [0.15, 0.2) is 0 Å². The number of anilines is 1. The number of fused-ring (bicyclic) bond motifs is 1. The standard InChI is InChI=1S/C23H33N3O5/c1-14-11-26(22(28)17-6-7-17)15(2)13-31-20-10-18(24-16(3)27)8-9-19(20)23(29)25(4)12-21(14)30-5/h8-10,14-15,17,21H,6-7,11-13H2,1-5H3,(H,24,27)/t14-,15+,21+/m0/s1. The number of hydrogen-bond acceptors (Lipinski definition) is 5. The first kappa shape index (κ1) is 23.1. The van der Waals surface area contributed by atoms with E-state index in [0.717, 1.165) is 12.8 Å². The number of nitrogens with one attached hydrogen (secondary N) is 1. The van der Waals surface area contributed by atoms with Crippen LogP contribution in [0.1, 0.15) is 44.0 Å². The van der Waals surface area contributed by atoms with Crippen molar-refractivity contribution in [2.24, 2.45) is 11.8 Å². The third-order valence-corrected chi connectivity index (χ3v) is 5.98. The number of hydrogen-bond donors (Lipinski definition) is 1. The van der Waals surface area contributed by atoms with Crippen molar-refractivity contribution in [1.29, 1.82) is 0 Å². The maximum absolute atomic E-state index is 13.1. The summed E-state index contributed by atoms with van der Waals surface area (Å²) in [5, 5.41) is 2.72. The molecule has 2 aliphatic rings. The number of likely N-dealkylation sites (N-methyl/N-ethyl adjacent to an activating group) is 1. The number of amides is 3. The van der Waals surface area contributed by atoms with Gasteiger partial charge in [0, 0.05) is 57.8 Å². The van der Waals surface area contributed by atoms with Crippen molar-refractivity contribution >= 4 is 23.4 Å². The molecule has 31 heavy (non-hydrogen) atoms. The second-order valence-corrected chi connectivity index (χ2v) is 8.75. The van der Waals surface area contributed by atoms with Gasteiger partial charge in [0.1, 0.15) is 12.4 Å². The molecule has 1 saturated carbocycles. The van der Waals surface area contributed by atoms with Gasteiger partial charge < -0.3 is 24.6 Å². The minimum atomic E-state index is -0.210. The molecule has 0 spiro atoms. The summed E-state index contributed by atoms with van der Waals surface area (Å²) in [5.41, 5.74) is 0.961. The number of carbonyl (C=O) groups excluding carboxylic acids is 3. The Morgan fingerprint density at radius 3 is 2.52 bits per heavy atom. The molecular formula is C23H33N3O5. The Kier molecular flexibility index (Phi) is 7.20. The second-order valence-electron chi connectivity index (χ2n) is 8.75. The number of nitrogens with zero attached hydrogens (tertiary/aromatic N) is 2. The van der Waals surface area contributed by atoms with Gasteiger partial charge >= 0.3 is 0 Å². The van der Waals surface area contributed by atoms with Crippen LogP contribution in [0.5, 0.6) is 5.75 Å². The summed E-state index contributed by atoms with van der Waals surface area (Å²) >= 11 is 0. The molecule has 8 nitrogen and oxygen atoms in total. The van der Waals surface area contributed by atoms with Gasteiger partial charge in [-0.05, 0) is 31.9 Å². The Bertz CT molecular complexity index is 839. The second kappa shape index (κ2) is 9.68. The number of ether oxygens (including phenoxy) is 2. The van der Waals surface area contributed by atoms with E-state index in [4.69, 9.17) is 9.47 Å². The molecule has 1 aromatic carbocycles. The Morgan fingerprint density at radius 2 is 1.90 bits per heavy atom. The van der Waals surface area contributed by atoms with Crippen molar-refractivity contribution in [3.05, 3.63) is 23.8 Å². The Labute approximate surface area is 183 Å². The summed E-state index contributed by atoms with van der Waals surface area (Å²) in [4.78, 5) is 41.1. The quantitative estimate of drug-likeness (QED) is 0.794. The van der Waals surface area contributed by atoms with Crippen LogP contribution in [-0.4, -0.2) is 73.5 Å². The van der Waals surface area contributed by atoms with Gasteiger partial charge in [0.05, 0.1) is 17.7 Å². The lowest BCUT2D eigenvalue weighted by Gasteiger charge is -2.36. The van der Waals surface area contributed by atoms with Gasteiger partial charge in [-0.1, -0.05) is 6.92 Å². The summed E-state index contributed by atoms with van der Waals surface area (Å²) in [5.74, 6) is 0.307.